The molecule has 0 unspecified atom stereocenters. The fourth-order valence-corrected chi connectivity index (χ4v) is 2.32. The van der Waals surface area contributed by atoms with E-state index in [2.05, 4.69) is 16.7 Å². The molecule has 1 aliphatic carbocycles. The van der Waals surface area contributed by atoms with E-state index in [1.807, 2.05) is 20.8 Å². The highest BCUT2D eigenvalue weighted by molar-refractivity contribution is 5.87. The van der Waals surface area contributed by atoms with E-state index in [0.717, 1.165) is 0 Å². The topological polar surface area (TPSA) is 82.0 Å². The zero-order valence-corrected chi connectivity index (χ0v) is 12.0. The number of carbonyl (C=O) groups excluding carboxylic acids is 2. The van der Waals surface area contributed by atoms with E-state index in [-0.39, 0.29) is 18.2 Å². The molecule has 0 aromatic carbocycles. The molecule has 0 aromatic heterocycles. The van der Waals surface area contributed by atoms with E-state index in [4.69, 9.17) is 5.26 Å². The largest absolute Gasteiger partial charge is 0.356 e. The average molecular weight is 265 g/mol. The average Bonchev–Trinajstić information content (AvgIpc) is 2.31. The Kier molecular flexibility index (Phi) is 5.34. The Morgan fingerprint density at radius 1 is 1.37 bits per heavy atom. The van der Waals surface area contributed by atoms with Crippen molar-refractivity contribution in [3.05, 3.63) is 0 Å². The Labute approximate surface area is 114 Å². The molecule has 0 spiro atoms. The summed E-state index contributed by atoms with van der Waals surface area (Å²) in [6, 6.07) is 2.11. The maximum Gasteiger partial charge on any atom is 0.240 e. The second-order valence-corrected chi connectivity index (χ2v) is 5.91. The van der Waals surface area contributed by atoms with Gasteiger partial charge in [0.1, 0.15) is 5.41 Å². The molecule has 0 heterocycles. The molecule has 19 heavy (non-hydrogen) atoms. The Bertz CT molecular complexity index is 379. The standard InChI is InChI=1S/C14H23N3O2/c1-10(2)8-17-12(18)4-5-16-13(19)14(9-15)6-11(3)7-14/h10-11H,4-8H2,1-3H3,(H,16,19)(H,17,18). The van der Waals surface area contributed by atoms with Crippen LogP contribution in [0.25, 0.3) is 0 Å². The number of amides is 2. The van der Waals surface area contributed by atoms with Crippen LogP contribution in [-0.4, -0.2) is 24.9 Å². The molecule has 0 radical (unpaired) electrons. The maximum absolute atomic E-state index is 11.9. The summed E-state index contributed by atoms with van der Waals surface area (Å²) in [5.74, 6) is 0.545. The smallest absolute Gasteiger partial charge is 0.240 e. The van der Waals surface area contributed by atoms with Crippen LogP contribution in [0.5, 0.6) is 0 Å². The fraction of sp³-hybridized carbons (Fsp3) is 0.786. The highest BCUT2D eigenvalue weighted by atomic mass is 16.2. The highest BCUT2D eigenvalue weighted by Crippen LogP contribution is 2.44. The van der Waals surface area contributed by atoms with Gasteiger partial charge in [0.15, 0.2) is 0 Å². The first-order chi connectivity index (χ1) is 8.89. The first-order valence-corrected chi connectivity index (χ1v) is 6.86. The maximum atomic E-state index is 11.9. The summed E-state index contributed by atoms with van der Waals surface area (Å²) in [5, 5.41) is 14.6. The number of rotatable bonds is 6. The number of nitriles is 1. The number of nitrogens with zero attached hydrogens (tertiary/aromatic N) is 1. The van der Waals surface area contributed by atoms with E-state index in [1.54, 1.807) is 0 Å². The first kappa shape index (κ1) is 15.5. The SMILES string of the molecule is CC(C)CNC(=O)CCNC(=O)C1(C#N)CC(C)C1. The molecule has 0 aliphatic heterocycles. The summed E-state index contributed by atoms with van der Waals surface area (Å²) < 4.78 is 0. The van der Waals surface area contributed by atoms with Crippen molar-refractivity contribution in [3.8, 4) is 6.07 Å². The second kappa shape index (κ2) is 6.55. The minimum Gasteiger partial charge on any atom is -0.356 e. The van der Waals surface area contributed by atoms with Crippen LogP contribution in [0, 0.1) is 28.6 Å². The Morgan fingerprint density at radius 3 is 2.47 bits per heavy atom. The van der Waals surface area contributed by atoms with Crippen LogP contribution in [0.2, 0.25) is 0 Å². The van der Waals surface area contributed by atoms with Crippen molar-refractivity contribution in [2.24, 2.45) is 17.3 Å². The van der Waals surface area contributed by atoms with Gasteiger partial charge in [-0.15, -0.1) is 0 Å². The van der Waals surface area contributed by atoms with E-state index in [0.29, 0.717) is 37.8 Å². The van der Waals surface area contributed by atoms with Crippen molar-refractivity contribution in [2.45, 2.75) is 40.0 Å². The van der Waals surface area contributed by atoms with Gasteiger partial charge >= 0.3 is 0 Å². The Balaban J connectivity index is 2.24. The van der Waals surface area contributed by atoms with Gasteiger partial charge in [-0.3, -0.25) is 9.59 Å². The fourth-order valence-electron chi connectivity index (χ4n) is 2.32. The molecular weight excluding hydrogens is 242 g/mol. The molecular formula is C14H23N3O2. The van der Waals surface area contributed by atoms with Gasteiger partial charge in [-0.25, -0.2) is 0 Å². The van der Waals surface area contributed by atoms with Crippen molar-refractivity contribution in [2.75, 3.05) is 13.1 Å². The van der Waals surface area contributed by atoms with Crippen LogP contribution in [-0.2, 0) is 9.59 Å². The summed E-state index contributed by atoms with van der Waals surface area (Å²) >= 11 is 0. The molecule has 1 saturated carbocycles. The lowest BCUT2D eigenvalue weighted by Gasteiger charge is -2.39. The van der Waals surface area contributed by atoms with Gasteiger partial charge in [-0.2, -0.15) is 5.26 Å². The van der Waals surface area contributed by atoms with Crippen molar-refractivity contribution < 1.29 is 9.59 Å². The molecule has 1 aliphatic rings. The third-order valence-corrected chi connectivity index (χ3v) is 3.39. The van der Waals surface area contributed by atoms with Gasteiger partial charge in [0, 0.05) is 19.5 Å². The normalized spacial score (nSPS) is 25.3. The highest BCUT2D eigenvalue weighted by Gasteiger charge is 2.48. The molecule has 2 N–H and O–H groups in total. The van der Waals surface area contributed by atoms with Crippen molar-refractivity contribution in [3.63, 3.8) is 0 Å². The summed E-state index contributed by atoms with van der Waals surface area (Å²) in [5.41, 5.74) is -0.853. The van der Waals surface area contributed by atoms with E-state index < -0.39 is 5.41 Å². The molecule has 5 nitrogen and oxygen atoms in total. The predicted octanol–water partition coefficient (Wildman–Crippen LogP) is 1.20. The van der Waals surface area contributed by atoms with Gasteiger partial charge in [-0.05, 0) is 24.7 Å². The van der Waals surface area contributed by atoms with Gasteiger partial charge in [0.05, 0.1) is 6.07 Å². The van der Waals surface area contributed by atoms with Crippen LogP contribution < -0.4 is 10.6 Å². The monoisotopic (exact) mass is 265 g/mol. The molecule has 0 saturated heterocycles. The lowest BCUT2D eigenvalue weighted by Crippen LogP contribution is -2.48. The van der Waals surface area contributed by atoms with Gasteiger partial charge in [-0.1, -0.05) is 20.8 Å². The van der Waals surface area contributed by atoms with Crippen LogP contribution in [0.1, 0.15) is 40.0 Å². The zero-order valence-electron chi connectivity index (χ0n) is 12.0. The second-order valence-electron chi connectivity index (χ2n) is 5.91. The number of hydrogen-bond donors (Lipinski definition) is 2. The summed E-state index contributed by atoms with van der Waals surface area (Å²) in [7, 11) is 0. The lowest BCUT2D eigenvalue weighted by atomic mass is 9.63. The number of carbonyl (C=O) groups is 2. The summed E-state index contributed by atoms with van der Waals surface area (Å²) in [6.07, 6.45) is 1.50. The summed E-state index contributed by atoms with van der Waals surface area (Å²) in [4.78, 5) is 23.4. The van der Waals surface area contributed by atoms with Crippen LogP contribution >= 0.6 is 0 Å². The van der Waals surface area contributed by atoms with Crippen molar-refractivity contribution >= 4 is 11.8 Å². The quantitative estimate of drug-likeness (QED) is 0.757. The number of nitrogens with one attached hydrogen (secondary N) is 2. The minimum atomic E-state index is -0.853. The molecule has 0 bridgehead atoms. The third kappa shape index (κ3) is 4.23. The first-order valence-electron chi connectivity index (χ1n) is 6.86. The number of hydrogen-bond acceptors (Lipinski definition) is 3. The molecule has 0 aromatic rings. The molecule has 2 amide bonds. The Hall–Kier alpha value is -1.57. The Morgan fingerprint density at radius 2 is 2.00 bits per heavy atom. The molecule has 5 heteroatoms. The molecule has 1 rings (SSSR count). The van der Waals surface area contributed by atoms with Crippen LogP contribution in [0.15, 0.2) is 0 Å². The zero-order chi connectivity index (χ0) is 14.5. The van der Waals surface area contributed by atoms with Crippen LogP contribution in [0.4, 0.5) is 0 Å². The van der Waals surface area contributed by atoms with Crippen molar-refractivity contribution in [1.29, 1.82) is 5.26 Å². The van der Waals surface area contributed by atoms with E-state index in [9.17, 15) is 9.59 Å². The van der Waals surface area contributed by atoms with Crippen LogP contribution in [0.3, 0.4) is 0 Å². The molecule has 0 atom stereocenters. The third-order valence-electron chi connectivity index (χ3n) is 3.39. The van der Waals surface area contributed by atoms with Gasteiger partial charge < -0.3 is 10.6 Å². The predicted molar refractivity (Wildman–Crippen MR) is 71.9 cm³/mol. The van der Waals surface area contributed by atoms with Gasteiger partial charge in [0.25, 0.3) is 0 Å². The molecule has 1 fully saturated rings. The van der Waals surface area contributed by atoms with E-state index >= 15 is 0 Å². The summed E-state index contributed by atoms with van der Waals surface area (Å²) in [6.45, 7) is 7.02. The lowest BCUT2D eigenvalue weighted by molar-refractivity contribution is -0.134. The van der Waals surface area contributed by atoms with Crippen molar-refractivity contribution in [1.82, 2.24) is 10.6 Å². The minimum absolute atomic E-state index is 0.0676. The van der Waals surface area contributed by atoms with E-state index in [1.165, 1.54) is 0 Å². The molecule has 106 valence electrons. The van der Waals surface area contributed by atoms with Gasteiger partial charge in [0.2, 0.25) is 11.8 Å².